The minimum atomic E-state index is -0.530. The molecule has 0 saturated heterocycles. The number of aromatic nitrogens is 2. The highest BCUT2D eigenvalue weighted by Crippen LogP contribution is 2.39. The molecular weight excluding hydrogens is 264 g/mol. The smallest absolute Gasteiger partial charge is 0.258 e. The molecule has 0 radical (unpaired) electrons. The fraction of sp³-hybridized carbons (Fsp3) is 0.0833. The minimum Gasteiger partial charge on any atom is -0.422 e. The third-order valence-corrected chi connectivity index (χ3v) is 3.60. The summed E-state index contributed by atoms with van der Waals surface area (Å²) in [5, 5.41) is 13.0. The second-order valence-corrected chi connectivity index (χ2v) is 4.71. The number of nitriles is 1. The Kier molecular flexibility index (Phi) is 2.58. The molecule has 7 heteroatoms. The van der Waals surface area contributed by atoms with Gasteiger partial charge in [0.15, 0.2) is 0 Å². The summed E-state index contributed by atoms with van der Waals surface area (Å²) >= 11 is 1.48. The minimum absolute atomic E-state index is 0.00991. The van der Waals surface area contributed by atoms with Crippen molar-refractivity contribution in [1.82, 2.24) is 9.97 Å². The fourth-order valence-electron chi connectivity index (χ4n) is 2.07. The van der Waals surface area contributed by atoms with Gasteiger partial charge in [0.05, 0.1) is 17.8 Å². The lowest BCUT2D eigenvalue weighted by molar-refractivity contribution is 0.375. The number of fused-ring (bicyclic) bond motifs is 1. The molecule has 0 saturated carbocycles. The summed E-state index contributed by atoms with van der Waals surface area (Å²) < 4.78 is 5.25. The van der Waals surface area contributed by atoms with Crippen molar-refractivity contribution < 1.29 is 4.74 Å². The van der Waals surface area contributed by atoms with Gasteiger partial charge in [-0.05, 0) is 22.4 Å². The standard InChI is InChI=1S/C12H8N4O2S/c13-3-7-8(6-1-2-19-4-6)9-11(17)15-5-16-12(9)18-10(7)14/h1-2,4-5,8H,14H2,(H,15,16,17)/t8-/m1/s1. The third kappa shape index (κ3) is 1.70. The van der Waals surface area contributed by atoms with E-state index in [-0.39, 0.29) is 22.9 Å². The topological polar surface area (TPSA) is 105 Å². The highest BCUT2D eigenvalue weighted by atomic mass is 32.1. The predicted molar refractivity (Wildman–Crippen MR) is 68.5 cm³/mol. The van der Waals surface area contributed by atoms with Crippen LogP contribution in [0.5, 0.6) is 5.88 Å². The Bertz CT molecular complexity index is 755. The number of nitrogens with zero attached hydrogens (tertiary/aromatic N) is 2. The number of nitrogens with two attached hydrogens (primary N) is 1. The quantitative estimate of drug-likeness (QED) is 0.807. The summed E-state index contributed by atoms with van der Waals surface area (Å²) in [5.74, 6) is -0.391. The molecule has 0 aliphatic carbocycles. The molecule has 0 aromatic carbocycles. The Morgan fingerprint density at radius 1 is 1.58 bits per heavy atom. The van der Waals surface area contributed by atoms with Gasteiger partial charge in [-0.1, -0.05) is 0 Å². The number of aromatic amines is 1. The van der Waals surface area contributed by atoms with Crippen molar-refractivity contribution in [1.29, 1.82) is 5.26 Å². The number of H-pyrrole nitrogens is 1. The zero-order valence-electron chi connectivity index (χ0n) is 9.58. The molecular formula is C12H8N4O2S. The van der Waals surface area contributed by atoms with Crippen molar-refractivity contribution >= 4 is 11.3 Å². The number of hydrogen-bond acceptors (Lipinski definition) is 6. The van der Waals surface area contributed by atoms with Crippen molar-refractivity contribution in [3.05, 3.63) is 56.1 Å². The van der Waals surface area contributed by atoms with Crippen LogP contribution in [0.3, 0.4) is 0 Å². The molecule has 0 fully saturated rings. The second kappa shape index (κ2) is 4.26. The Morgan fingerprint density at radius 2 is 2.42 bits per heavy atom. The van der Waals surface area contributed by atoms with Crippen LogP contribution in [0.4, 0.5) is 0 Å². The van der Waals surface area contributed by atoms with E-state index in [0.717, 1.165) is 5.56 Å². The van der Waals surface area contributed by atoms with Gasteiger partial charge in [-0.25, -0.2) is 4.98 Å². The maximum atomic E-state index is 12.0. The van der Waals surface area contributed by atoms with Crippen LogP contribution in [0.15, 0.2) is 39.4 Å². The molecule has 94 valence electrons. The van der Waals surface area contributed by atoms with Crippen LogP contribution in [-0.4, -0.2) is 9.97 Å². The number of ether oxygens (including phenoxy) is 1. The first kappa shape index (κ1) is 11.5. The third-order valence-electron chi connectivity index (χ3n) is 2.90. The Balaban J connectivity index is 2.31. The summed E-state index contributed by atoms with van der Waals surface area (Å²) in [7, 11) is 0. The molecule has 0 spiro atoms. The van der Waals surface area contributed by atoms with Crippen molar-refractivity contribution in [2.45, 2.75) is 5.92 Å². The molecule has 3 rings (SSSR count). The maximum absolute atomic E-state index is 12.0. The number of nitrogens with one attached hydrogen (secondary N) is 1. The van der Waals surface area contributed by atoms with E-state index in [4.69, 9.17) is 10.5 Å². The van der Waals surface area contributed by atoms with E-state index in [1.54, 1.807) is 0 Å². The van der Waals surface area contributed by atoms with Crippen LogP contribution in [-0.2, 0) is 0 Å². The van der Waals surface area contributed by atoms with Gasteiger partial charge in [-0.2, -0.15) is 16.6 Å². The molecule has 0 amide bonds. The van der Waals surface area contributed by atoms with Crippen LogP contribution in [0.2, 0.25) is 0 Å². The highest BCUT2D eigenvalue weighted by molar-refractivity contribution is 7.08. The summed E-state index contributed by atoms with van der Waals surface area (Å²) in [6.45, 7) is 0. The molecule has 19 heavy (non-hydrogen) atoms. The number of thiophene rings is 1. The Hall–Kier alpha value is -2.59. The first-order valence-electron chi connectivity index (χ1n) is 5.39. The van der Waals surface area contributed by atoms with E-state index in [1.165, 1.54) is 17.7 Å². The molecule has 6 nitrogen and oxygen atoms in total. The Morgan fingerprint density at radius 3 is 3.11 bits per heavy atom. The van der Waals surface area contributed by atoms with E-state index >= 15 is 0 Å². The van der Waals surface area contributed by atoms with Crippen LogP contribution in [0.25, 0.3) is 0 Å². The molecule has 0 unspecified atom stereocenters. The van der Waals surface area contributed by atoms with Crippen LogP contribution in [0, 0.1) is 11.3 Å². The lowest BCUT2D eigenvalue weighted by Crippen LogP contribution is -2.28. The maximum Gasteiger partial charge on any atom is 0.258 e. The largest absolute Gasteiger partial charge is 0.422 e. The van der Waals surface area contributed by atoms with Crippen molar-refractivity contribution in [2.24, 2.45) is 5.73 Å². The zero-order valence-corrected chi connectivity index (χ0v) is 10.4. The van der Waals surface area contributed by atoms with Crippen LogP contribution in [0.1, 0.15) is 17.0 Å². The van der Waals surface area contributed by atoms with Gasteiger partial charge in [-0.3, -0.25) is 4.79 Å². The average molecular weight is 272 g/mol. The first-order chi connectivity index (χ1) is 9.22. The summed E-state index contributed by atoms with van der Waals surface area (Å²) in [6, 6.07) is 3.86. The van der Waals surface area contributed by atoms with Gasteiger partial charge in [0.2, 0.25) is 11.8 Å². The number of allylic oxidation sites excluding steroid dienone is 1. The second-order valence-electron chi connectivity index (χ2n) is 3.93. The number of rotatable bonds is 1. The molecule has 1 atom stereocenters. The average Bonchev–Trinajstić information content (AvgIpc) is 2.91. The van der Waals surface area contributed by atoms with Crippen LogP contribution >= 0.6 is 11.3 Å². The van der Waals surface area contributed by atoms with Crippen molar-refractivity contribution in [3.63, 3.8) is 0 Å². The molecule has 2 aromatic rings. The zero-order chi connectivity index (χ0) is 13.4. The van der Waals surface area contributed by atoms with E-state index < -0.39 is 5.92 Å². The molecule has 1 aliphatic rings. The predicted octanol–water partition coefficient (Wildman–Crippen LogP) is 1.05. The molecule has 1 aliphatic heterocycles. The summed E-state index contributed by atoms with van der Waals surface area (Å²) in [5.41, 5.74) is 6.77. The van der Waals surface area contributed by atoms with E-state index in [0.29, 0.717) is 5.56 Å². The monoisotopic (exact) mass is 272 g/mol. The van der Waals surface area contributed by atoms with Gasteiger partial charge >= 0.3 is 0 Å². The van der Waals surface area contributed by atoms with Gasteiger partial charge < -0.3 is 15.5 Å². The fourth-order valence-corrected chi connectivity index (χ4v) is 2.75. The van der Waals surface area contributed by atoms with Gasteiger partial charge in [0.1, 0.15) is 11.6 Å². The SMILES string of the molecule is N#CC1=C(N)Oc2nc[nH]c(=O)c2[C@@H]1c1ccsc1. The van der Waals surface area contributed by atoms with E-state index in [9.17, 15) is 10.1 Å². The van der Waals surface area contributed by atoms with Crippen molar-refractivity contribution in [2.75, 3.05) is 0 Å². The van der Waals surface area contributed by atoms with Crippen molar-refractivity contribution in [3.8, 4) is 11.9 Å². The summed E-state index contributed by atoms with van der Waals surface area (Å²) in [4.78, 5) is 18.4. The van der Waals surface area contributed by atoms with E-state index in [2.05, 4.69) is 9.97 Å². The highest BCUT2D eigenvalue weighted by Gasteiger charge is 2.34. The molecule has 3 heterocycles. The Labute approximate surface area is 111 Å². The molecule has 3 N–H and O–H groups in total. The van der Waals surface area contributed by atoms with E-state index in [1.807, 2.05) is 22.9 Å². The van der Waals surface area contributed by atoms with Gasteiger partial charge in [0.25, 0.3) is 5.56 Å². The van der Waals surface area contributed by atoms with Gasteiger partial charge in [0, 0.05) is 0 Å². The van der Waals surface area contributed by atoms with Gasteiger partial charge in [-0.15, -0.1) is 0 Å². The molecule has 2 aromatic heterocycles. The van der Waals surface area contributed by atoms with Crippen LogP contribution < -0.4 is 16.0 Å². The summed E-state index contributed by atoms with van der Waals surface area (Å²) in [6.07, 6.45) is 1.25. The number of hydrogen-bond donors (Lipinski definition) is 2. The first-order valence-corrected chi connectivity index (χ1v) is 6.34. The lowest BCUT2D eigenvalue weighted by Gasteiger charge is -2.23. The normalized spacial score (nSPS) is 17.5. The lowest BCUT2D eigenvalue weighted by atomic mass is 9.87. The molecule has 0 bridgehead atoms.